The van der Waals surface area contributed by atoms with Gasteiger partial charge in [0.2, 0.25) is 0 Å². The summed E-state index contributed by atoms with van der Waals surface area (Å²) in [5.41, 5.74) is 11.0. The normalized spacial score (nSPS) is 13.7. The molecule has 0 aliphatic carbocycles. The van der Waals surface area contributed by atoms with Gasteiger partial charge >= 0.3 is 0 Å². The Labute approximate surface area is 210 Å². The number of nitrogens with one attached hydrogen (secondary N) is 2. The second-order valence-electron chi connectivity index (χ2n) is 7.44. The fourth-order valence-corrected chi connectivity index (χ4v) is 4.22. The molecule has 1 fully saturated rings. The van der Waals surface area contributed by atoms with Crippen molar-refractivity contribution in [3.8, 4) is 22.4 Å². The number of pyridine rings is 2. The highest BCUT2D eigenvalue weighted by molar-refractivity contribution is 6.31. The summed E-state index contributed by atoms with van der Waals surface area (Å²) in [7, 11) is 0. The van der Waals surface area contributed by atoms with Crippen molar-refractivity contribution in [2.75, 3.05) is 18.8 Å². The molecule has 32 heavy (non-hydrogen) atoms. The summed E-state index contributed by atoms with van der Waals surface area (Å²) >= 11 is 6.16. The van der Waals surface area contributed by atoms with Crippen LogP contribution >= 0.6 is 48.8 Å². The molecule has 5 rings (SSSR count). The average Bonchev–Trinajstić information content (AvgIpc) is 3.24. The van der Waals surface area contributed by atoms with Gasteiger partial charge in [0.05, 0.1) is 11.9 Å². The minimum absolute atomic E-state index is 0. The van der Waals surface area contributed by atoms with E-state index >= 15 is 0 Å². The topological polar surface area (TPSA) is 92.5 Å². The predicted molar refractivity (Wildman–Crippen MR) is 139 cm³/mol. The number of aromatic amines is 1. The number of rotatable bonds is 3. The number of H-pyrrole nitrogens is 1. The van der Waals surface area contributed by atoms with Crippen molar-refractivity contribution in [1.29, 1.82) is 0 Å². The SMILES string of the molecule is Cl.Cl.Cl.Nc1ncc(-c2cn[nH]c2C2CCNCC2)cc1-c1cc2cc(Cl)ccc2cn1. The molecule has 0 spiro atoms. The Bertz CT molecular complexity index is 1190. The molecule has 0 atom stereocenters. The molecule has 1 aliphatic rings. The van der Waals surface area contributed by atoms with Gasteiger partial charge in [-0.1, -0.05) is 17.7 Å². The number of nitrogens with two attached hydrogens (primary N) is 1. The Kier molecular flexibility index (Phi) is 9.13. The van der Waals surface area contributed by atoms with E-state index in [4.69, 9.17) is 17.3 Å². The lowest BCUT2D eigenvalue weighted by molar-refractivity contribution is 0.453. The number of anilines is 1. The number of halogens is 4. The highest BCUT2D eigenvalue weighted by Crippen LogP contribution is 2.35. The molecule has 4 heterocycles. The van der Waals surface area contributed by atoms with Crippen molar-refractivity contribution < 1.29 is 0 Å². The lowest BCUT2D eigenvalue weighted by Gasteiger charge is -2.22. The highest BCUT2D eigenvalue weighted by atomic mass is 35.5. The number of nitrogens with zero attached hydrogens (tertiary/aromatic N) is 3. The maximum atomic E-state index is 6.22. The Morgan fingerprint density at radius 2 is 1.66 bits per heavy atom. The smallest absolute Gasteiger partial charge is 0.132 e. The molecule has 1 aromatic carbocycles. The maximum absolute atomic E-state index is 6.22. The van der Waals surface area contributed by atoms with Crippen LogP contribution in [-0.2, 0) is 0 Å². The minimum atomic E-state index is 0. The third-order valence-electron chi connectivity index (χ3n) is 5.61. The highest BCUT2D eigenvalue weighted by Gasteiger charge is 2.21. The molecule has 170 valence electrons. The Morgan fingerprint density at radius 3 is 2.44 bits per heavy atom. The third-order valence-corrected chi connectivity index (χ3v) is 5.84. The Balaban J connectivity index is 0.00000121. The van der Waals surface area contributed by atoms with Crippen LogP contribution < -0.4 is 11.1 Å². The first kappa shape index (κ1) is 26.2. The van der Waals surface area contributed by atoms with Gasteiger partial charge in [-0.2, -0.15) is 5.10 Å². The van der Waals surface area contributed by atoms with Crippen LogP contribution in [0.1, 0.15) is 24.5 Å². The van der Waals surface area contributed by atoms with E-state index in [0.717, 1.165) is 59.1 Å². The number of hydrogen-bond acceptors (Lipinski definition) is 5. The molecular weight excluding hydrogens is 490 g/mol. The third kappa shape index (κ3) is 5.11. The second-order valence-corrected chi connectivity index (χ2v) is 7.88. The van der Waals surface area contributed by atoms with Gasteiger partial charge in [0.25, 0.3) is 0 Å². The molecule has 3 aromatic heterocycles. The number of benzene rings is 1. The minimum Gasteiger partial charge on any atom is -0.383 e. The molecule has 1 saturated heterocycles. The van der Waals surface area contributed by atoms with Gasteiger partial charge in [0.15, 0.2) is 0 Å². The first-order valence-corrected chi connectivity index (χ1v) is 10.1. The van der Waals surface area contributed by atoms with Crippen molar-refractivity contribution in [2.45, 2.75) is 18.8 Å². The van der Waals surface area contributed by atoms with Crippen molar-refractivity contribution >= 4 is 65.4 Å². The van der Waals surface area contributed by atoms with Gasteiger partial charge in [-0.15, -0.1) is 37.2 Å². The van der Waals surface area contributed by atoms with Gasteiger partial charge < -0.3 is 11.1 Å². The van der Waals surface area contributed by atoms with Crippen molar-refractivity contribution in [3.63, 3.8) is 0 Å². The first-order valence-electron chi connectivity index (χ1n) is 9.74. The zero-order chi connectivity index (χ0) is 19.8. The molecule has 0 radical (unpaired) electrons. The molecule has 0 bridgehead atoms. The van der Waals surface area contributed by atoms with Crippen LogP contribution in [-0.4, -0.2) is 33.3 Å². The molecule has 10 heteroatoms. The molecule has 0 saturated carbocycles. The van der Waals surface area contributed by atoms with Crippen LogP contribution in [0.2, 0.25) is 5.02 Å². The monoisotopic (exact) mass is 512 g/mol. The second kappa shape index (κ2) is 11.2. The molecule has 1 aliphatic heterocycles. The van der Waals surface area contributed by atoms with Crippen LogP contribution in [0.5, 0.6) is 0 Å². The van der Waals surface area contributed by atoms with E-state index in [9.17, 15) is 0 Å². The van der Waals surface area contributed by atoms with E-state index in [1.54, 1.807) is 0 Å². The van der Waals surface area contributed by atoms with Crippen molar-refractivity contribution in [3.05, 3.63) is 59.6 Å². The summed E-state index contributed by atoms with van der Waals surface area (Å²) in [5.74, 6) is 0.922. The van der Waals surface area contributed by atoms with E-state index in [1.165, 1.54) is 5.69 Å². The Morgan fingerprint density at radius 1 is 0.875 bits per heavy atom. The summed E-state index contributed by atoms with van der Waals surface area (Å²) in [5, 5.41) is 13.7. The van der Waals surface area contributed by atoms with Crippen molar-refractivity contribution in [2.24, 2.45) is 0 Å². The van der Waals surface area contributed by atoms with Gasteiger partial charge in [-0.3, -0.25) is 10.1 Å². The first-order chi connectivity index (χ1) is 14.2. The number of nitrogen functional groups attached to an aromatic ring is 1. The molecule has 0 unspecified atom stereocenters. The van der Waals surface area contributed by atoms with Crippen LogP contribution in [0.4, 0.5) is 5.82 Å². The maximum Gasteiger partial charge on any atom is 0.132 e. The molecule has 4 N–H and O–H groups in total. The van der Waals surface area contributed by atoms with Crippen LogP contribution in [0, 0.1) is 0 Å². The zero-order valence-corrected chi connectivity index (χ0v) is 20.3. The molecular formula is C22H24Cl4N6. The van der Waals surface area contributed by atoms with Gasteiger partial charge in [-0.25, -0.2) is 4.98 Å². The number of fused-ring (bicyclic) bond motifs is 1. The number of piperidine rings is 1. The largest absolute Gasteiger partial charge is 0.383 e. The fraction of sp³-hybridized carbons (Fsp3) is 0.227. The summed E-state index contributed by atoms with van der Waals surface area (Å²) < 4.78 is 0. The van der Waals surface area contributed by atoms with Crippen molar-refractivity contribution in [1.82, 2.24) is 25.5 Å². The number of aromatic nitrogens is 4. The van der Waals surface area contributed by atoms with E-state index in [0.29, 0.717) is 16.8 Å². The van der Waals surface area contributed by atoms with E-state index in [-0.39, 0.29) is 37.2 Å². The lowest BCUT2D eigenvalue weighted by atomic mass is 9.90. The lowest BCUT2D eigenvalue weighted by Crippen LogP contribution is -2.27. The Hall–Kier alpha value is -2.09. The van der Waals surface area contributed by atoms with Gasteiger partial charge in [0.1, 0.15) is 5.82 Å². The fourth-order valence-electron chi connectivity index (χ4n) is 4.03. The van der Waals surface area contributed by atoms with E-state index in [2.05, 4.69) is 31.5 Å². The van der Waals surface area contributed by atoms with Crippen LogP contribution in [0.3, 0.4) is 0 Å². The summed E-state index contributed by atoms with van der Waals surface area (Å²) in [6.45, 7) is 2.05. The van der Waals surface area contributed by atoms with E-state index < -0.39 is 0 Å². The summed E-state index contributed by atoms with van der Waals surface area (Å²) in [6, 6.07) is 9.81. The van der Waals surface area contributed by atoms with Crippen LogP contribution in [0.15, 0.2) is 48.9 Å². The van der Waals surface area contributed by atoms with Gasteiger partial charge in [-0.05, 0) is 55.6 Å². The molecule has 6 nitrogen and oxygen atoms in total. The average molecular weight is 514 g/mol. The summed E-state index contributed by atoms with van der Waals surface area (Å²) in [6.07, 6.45) is 7.72. The standard InChI is InChI=1S/C22H21ClN6.3ClH/c23-17-2-1-14-10-26-20(9-15(14)7-17)18-8-16(11-27-22(18)24)19-12-28-29-21(19)13-3-5-25-6-4-13;;;/h1-2,7-13,25H,3-6H2,(H2,24,27)(H,28,29);3*1H. The quantitative estimate of drug-likeness (QED) is 0.329. The van der Waals surface area contributed by atoms with E-state index in [1.807, 2.05) is 42.9 Å². The molecule has 4 aromatic rings. The predicted octanol–water partition coefficient (Wildman–Crippen LogP) is 5.65. The summed E-state index contributed by atoms with van der Waals surface area (Å²) in [4.78, 5) is 9.06. The zero-order valence-electron chi connectivity index (χ0n) is 17.0. The molecule has 0 amide bonds. The van der Waals surface area contributed by atoms with Gasteiger partial charge in [0, 0.05) is 51.1 Å². The number of hydrogen-bond donors (Lipinski definition) is 3. The van der Waals surface area contributed by atoms with Crippen LogP contribution in [0.25, 0.3) is 33.2 Å².